The smallest absolute Gasteiger partial charge is 0.138 e. The molecule has 2 saturated heterocycles. The minimum atomic E-state index is 0.386. The fraction of sp³-hybridized carbons (Fsp3) is 0.556. The van der Waals surface area contributed by atoms with Crippen molar-refractivity contribution in [1.29, 1.82) is 0 Å². The third-order valence-corrected chi connectivity index (χ3v) is 7.43. The summed E-state index contributed by atoms with van der Waals surface area (Å²) in [5.74, 6) is 1.75. The summed E-state index contributed by atoms with van der Waals surface area (Å²) >= 11 is 0. The first-order chi connectivity index (χ1) is 16.0. The Bertz CT molecular complexity index is 1080. The normalized spacial score (nSPS) is 20.5. The lowest BCUT2D eigenvalue weighted by atomic mass is 9.96. The highest BCUT2D eigenvalue weighted by molar-refractivity contribution is 5.53. The molecule has 1 unspecified atom stereocenters. The van der Waals surface area contributed by atoms with E-state index in [9.17, 15) is 0 Å². The van der Waals surface area contributed by atoms with E-state index in [0.717, 1.165) is 50.6 Å². The number of hydrogen-bond acceptors (Lipinski definition) is 5. The SMILES string of the molecule is CC(C)c1cccnc1C1CCCN1Cc1cn2c(N3CCN(C(C)C)CC3)cccc2n1. The molecule has 0 saturated carbocycles. The molecule has 5 heterocycles. The molecule has 2 aliphatic rings. The maximum absolute atomic E-state index is 5.02. The van der Waals surface area contributed by atoms with E-state index in [0.29, 0.717) is 18.0 Å². The van der Waals surface area contributed by atoms with Crippen LogP contribution in [0.3, 0.4) is 0 Å². The largest absolute Gasteiger partial charge is 0.355 e. The molecule has 0 radical (unpaired) electrons. The van der Waals surface area contributed by atoms with Gasteiger partial charge in [-0.1, -0.05) is 26.0 Å². The Kier molecular flexibility index (Phi) is 6.39. The minimum absolute atomic E-state index is 0.386. The number of fused-ring (bicyclic) bond motifs is 1. The summed E-state index contributed by atoms with van der Waals surface area (Å²) in [6, 6.07) is 11.9. The standard InChI is InChI=1S/C27H38N6/c1-20(2)23-8-6-12-28-27(23)24-9-7-13-32(24)18-22-19-33-25(29-22)10-5-11-26(33)31-16-14-30(15-17-31)21(3)4/h5-6,8,10-12,19-21,24H,7,9,13-18H2,1-4H3. The van der Waals surface area contributed by atoms with Crippen molar-refractivity contribution in [2.45, 2.75) is 65.1 Å². The van der Waals surface area contributed by atoms with Crippen molar-refractivity contribution in [2.75, 3.05) is 37.6 Å². The number of piperazine rings is 1. The van der Waals surface area contributed by atoms with E-state index in [1.807, 2.05) is 6.20 Å². The molecule has 176 valence electrons. The Morgan fingerprint density at radius 2 is 1.79 bits per heavy atom. The van der Waals surface area contributed by atoms with Crippen molar-refractivity contribution >= 4 is 11.5 Å². The van der Waals surface area contributed by atoms with Crippen LogP contribution in [0.1, 0.15) is 69.4 Å². The molecule has 2 aliphatic heterocycles. The molecule has 0 bridgehead atoms. The number of anilines is 1. The predicted molar refractivity (Wildman–Crippen MR) is 135 cm³/mol. The van der Waals surface area contributed by atoms with Gasteiger partial charge in [0.15, 0.2) is 0 Å². The van der Waals surface area contributed by atoms with Gasteiger partial charge in [-0.25, -0.2) is 4.98 Å². The summed E-state index contributed by atoms with van der Waals surface area (Å²) in [5.41, 5.74) is 4.84. The third-order valence-electron chi connectivity index (χ3n) is 7.43. The number of aromatic nitrogens is 3. The molecular weight excluding hydrogens is 408 g/mol. The fourth-order valence-electron chi connectivity index (χ4n) is 5.58. The Hall–Kier alpha value is -2.44. The summed E-state index contributed by atoms with van der Waals surface area (Å²) in [4.78, 5) is 17.5. The number of nitrogens with zero attached hydrogens (tertiary/aromatic N) is 6. The molecule has 3 aromatic rings. The average Bonchev–Trinajstić information content (AvgIpc) is 3.45. The Balaban J connectivity index is 1.37. The molecule has 33 heavy (non-hydrogen) atoms. The van der Waals surface area contributed by atoms with Crippen molar-refractivity contribution in [2.24, 2.45) is 0 Å². The monoisotopic (exact) mass is 446 g/mol. The van der Waals surface area contributed by atoms with Crippen LogP contribution < -0.4 is 4.90 Å². The predicted octanol–water partition coefficient (Wildman–Crippen LogP) is 4.72. The second-order valence-electron chi connectivity index (χ2n) is 10.2. The van der Waals surface area contributed by atoms with Gasteiger partial charge in [0.25, 0.3) is 0 Å². The highest BCUT2D eigenvalue weighted by Gasteiger charge is 2.30. The molecule has 6 heteroatoms. The maximum Gasteiger partial charge on any atom is 0.138 e. The van der Waals surface area contributed by atoms with Gasteiger partial charge >= 0.3 is 0 Å². The number of rotatable bonds is 6. The van der Waals surface area contributed by atoms with E-state index < -0.39 is 0 Å². The van der Waals surface area contributed by atoms with Gasteiger partial charge in [0.2, 0.25) is 0 Å². The van der Waals surface area contributed by atoms with Crippen LogP contribution in [-0.4, -0.2) is 62.9 Å². The summed E-state index contributed by atoms with van der Waals surface area (Å²) < 4.78 is 2.30. The van der Waals surface area contributed by atoms with Gasteiger partial charge < -0.3 is 4.90 Å². The molecule has 0 aliphatic carbocycles. The molecule has 0 N–H and O–H groups in total. The quantitative estimate of drug-likeness (QED) is 0.548. The molecule has 5 rings (SSSR count). The van der Waals surface area contributed by atoms with Crippen molar-refractivity contribution < 1.29 is 0 Å². The van der Waals surface area contributed by atoms with Gasteiger partial charge in [-0.2, -0.15) is 0 Å². The van der Waals surface area contributed by atoms with Crippen LogP contribution in [0.4, 0.5) is 5.82 Å². The van der Waals surface area contributed by atoms with E-state index in [4.69, 9.17) is 9.97 Å². The third kappa shape index (κ3) is 4.51. The van der Waals surface area contributed by atoms with Gasteiger partial charge in [0, 0.05) is 51.2 Å². The first kappa shape index (κ1) is 22.4. The maximum atomic E-state index is 5.02. The van der Waals surface area contributed by atoms with Gasteiger partial charge in [-0.3, -0.25) is 19.2 Å². The summed E-state index contributed by atoms with van der Waals surface area (Å²) in [7, 11) is 0. The summed E-state index contributed by atoms with van der Waals surface area (Å²) in [5, 5.41) is 0. The van der Waals surface area contributed by atoms with E-state index >= 15 is 0 Å². The van der Waals surface area contributed by atoms with Crippen LogP contribution in [0.5, 0.6) is 0 Å². The first-order valence-electron chi connectivity index (χ1n) is 12.7. The Morgan fingerprint density at radius 1 is 0.970 bits per heavy atom. The molecule has 2 fully saturated rings. The number of pyridine rings is 2. The van der Waals surface area contributed by atoms with Crippen LogP contribution in [0.15, 0.2) is 42.7 Å². The lowest BCUT2D eigenvalue weighted by molar-refractivity contribution is 0.209. The topological polar surface area (TPSA) is 39.9 Å². The second-order valence-corrected chi connectivity index (χ2v) is 10.2. The van der Waals surface area contributed by atoms with Crippen molar-refractivity contribution in [1.82, 2.24) is 24.2 Å². The van der Waals surface area contributed by atoms with E-state index in [2.05, 4.69) is 83.3 Å². The van der Waals surface area contributed by atoms with Crippen molar-refractivity contribution in [3.05, 3.63) is 59.7 Å². The van der Waals surface area contributed by atoms with Gasteiger partial charge in [0.1, 0.15) is 11.5 Å². The first-order valence-corrected chi connectivity index (χ1v) is 12.7. The summed E-state index contributed by atoms with van der Waals surface area (Å²) in [6.07, 6.45) is 6.61. The zero-order chi connectivity index (χ0) is 22.9. The number of hydrogen-bond donors (Lipinski definition) is 0. The van der Waals surface area contributed by atoms with Gasteiger partial charge in [0.05, 0.1) is 17.4 Å². The molecular formula is C27H38N6. The van der Waals surface area contributed by atoms with Gasteiger partial charge in [-0.15, -0.1) is 0 Å². The molecule has 0 aromatic carbocycles. The molecule has 1 atom stereocenters. The highest BCUT2D eigenvalue weighted by Crippen LogP contribution is 2.36. The van der Waals surface area contributed by atoms with E-state index in [1.165, 1.54) is 29.9 Å². The van der Waals surface area contributed by atoms with Crippen molar-refractivity contribution in [3.63, 3.8) is 0 Å². The van der Waals surface area contributed by atoms with E-state index in [-0.39, 0.29) is 0 Å². The summed E-state index contributed by atoms with van der Waals surface area (Å²) in [6.45, 7) is 15.5. The zero-order valence-electron chi connectivity index (χ0n) is 20.6. The highest BCUT2D eigenvalue weighted by atomic mass is 15.3. The number of likely N-dealkylation sites (tertiary alicyclic amines) is 1. The van der Waals surface area contributed by atoms with Crippen LogP contribution in [0.25, 0.3) is 5.65 Å². The lowest BCUT2D eigenvalue weighted by Gasteiger charge is -2.38. The molecule has 0 amide bonds. The number of imidazole rings is 1. The van der Waals surface area contributed by atoms with Crippen LogP contribution in [0, 0.1) is 0 Å². The Morgan fingerprint density at radius 3 is 2.55 bits per heavy atom. The fourth-order valence-corrected chi connectivity index (χ4v) is 5.58. The zero-order valence-corrected chi connectivity index (χ0v) is 20.6. The second kappa shape index (κ2) is 9.43. The molecule has 6 nitrogen and oxygen atoms in total. The van der Waals surface area contributed by atoms with Crippen LogP contribution in [-0.2, 0) is 6.54 Å². The van der Waals surface area contributed by atoms with Crippen molar-refractivity contribution in [3.8, 4) is 0 Å². The molecule has 0 spiro atoms. The Labute approximate surface area is 198 Å². The van der Waals surface area contributed by atoms with E-state index in [1.54, 1.807) is 0 Å². The lowest BCUT2D eigenvalue weighted by Crippen LogP contribution is -2.49. The van der Waals surface area contributed by atoms with Crippen LogP contribution in [0.2, 0.25) is 0 Å². The van der Waals surface area contributed by atoms with Gasteiger partial charge in [-0.05, 0) is 62.9 Å². The molecule has 3 aromatic heterocycles. The minimum Gasteiger partial charge on any atom is -0.355 e. The van der Waals surface area contributed by atoms with Crippen LogP contribution >= 0.6 is 0 Å². The average molecular weight is 447 g/mol.